The number of aliphatic hydroxyl groups is 1. The number of fused-ring (bicyclic) bond motifs is 4. The van der Waals surface area contributed by atoms with Crippen LogP contribution in [0.15, 0.2) is 48.5 Å². The second-order valence-corrected chi connectivity index (χ2v) is 8.34. The summed E-state index contributed by atoms with van der Waals surface area (Å²) in [5.41, 5.74) is 7.06. The van der Waals surface area contributed by atoms with Crippen molar-refractivity contribution >= 4 is 6.09 Å². The Kier molecular flexibility index (Phi) is 5.24. The fourth-order valence-electron chi connectivity index (χ4n) is 5.09. The topological polar surface area (TPSA) is 76.4 Å². The molecule has 0 saturated heterocycles. The number of carbonyl (C=O) groups is 1. The van der Waals surface area contributed by atoms with Crippen LogP contribution in [0, 0.1) is 6.92 Å². The lowest BCUT2D eigenvalue weighted by atomic mass is 9.96. The van der Waals surface area contributed by atoms with Gasteiger partial charge in [-0.25, -0.2) is 9.78 Å². The molecule has 0 fully saturated rings. The number of alkyl carbamates (subject to hydrolysis) is 1. The van der Waals surface area contributed by atoms with E-state index in [2.05, 4.69) is 39.1 Å². The van der Waals surface area contributed by atoms with E-state index in [-0.39, 0.29) is 24.7 Å². The predicted octanol–water partition coefficient (Wildman–Crippen LogP) is 3.58. The minimum Gasteiger partial charge on any atom is -0.449 e. The van der Waals surface area contributed by atoms with Gasteiger partial charge in [0.2, 0.25) is 0 Å². The van der Waals surface area contributed by atoms with Gasteiger partial charge < -0.3 is 19.7 Å². The maximum Gasteiger partial charge on any atom is 0.407 e. The van der Waals surface area contributed by atoms with Crippen molar-refractivity contribution in [2.45, 2.75) is 44.7 Å². The van der Waals surface area contributed by atoms with E-state index in [1.807, 2.05) is 31.2 Å². The molecular weight excluding hydrogens is 390 g/mol. The molecule has 1 amide bonds. The zero-order valence-electron chi connectivity index (χ0n) is 17.7. The Labute approximate surface area is 181 Å². The molecule has 2 aliphatic rings. The Balaban J connectivity index is 1.23. The smallest absolute Gasteiger partial charge is 0.407 e. The molecule has 1 heterocycles. The highest BCUT2D eigenvalue weighted by atomic mass is 16.5. The molecule has 1 unspecified atom stereocenters. The van der Waals surface area contributed by atoms with E-state index in [0.717, 1.165) is 24.4 Å². The molecule has 1 atom stereocenters. The Bertz CT molecular complexity index is 1080. The monoisotopic (exact) mass is 417 g/mol. The van der Waals surface area contributed by atoms with Crippen LogP contribution in [-0.2, 0) is 24.1 Å². The van der Waals surface area contributed by atoms with Gasteiger partial charge in [0.15, 0.2) is 0 Å². The number of aryl methyl sites for hydroxylation is 1. The number of ether oxygens (including phenoxy) is 1. The first-order valence-corrected chi connectivity index (χ1v) is 10.9. The molecular formula is C25H27N3O3. The van der Waals surface area contributed by atoms with Gasteiger partial charge >= 0.3 is 6.09 Å². The molecule has 6 nitrogen and oxygen atoms in total. The van der Waals surface area contributed by atoms with Gasteiger partial charge in [-0.3, -0.25) is 0 Å². The number of imidazole rings is 1. The summed E-state index contributed by atoms with van der Waals surface area (Å²) in [6.07, 6.45) is 2.00. The average Bonchev–Trinajstić information content (AvgIpc) is 3.27. The highest BCUT2D eigenvalue weighted by molar-refractivity contribution is 5.79. The van der Waals surface area contributed by atoms with Crippen molar-refractivity contribution in [1.82, 2.24) is 14.9 Å². The standard InChI is InChI=1S/C25H27N3O3/c1-16-26-23-14-17(10-11-24(23)28(16)12-13-29)27-25(30)31-15-22-20-8-4-2-6-18(20)19-7-3-5-9-21(19)22/h2-9,17,22,29H,10-15H2,1H3,(H,27,30). The molecule has 0 radical (unpaired) electrons. The Morgan fingerprint density at radius 3 is 2.52 bits per heavy atom. The van der Waals surface area contributed by atoms with Crippen LogP contribution in [0.5, 0.6) is 0 Å². The van der Waals surface area contributed by atoms with E-state index in [1.165, 1.54) is 27.9 Å². The zero-order chi connectivity index (χ0) is 21.4. The molecule has 0 aliphatic heterocycles. The normalized spacial score (nSPS) is 17.0. The summed E-state index contributed by atoms with van der Waals surface area (Å²) in [4.78, 5) is 17.2. The minimum atomic E-state index is -0.373. The lowest BCUT2D eigenvalue weighted by molar-refractivity contribution is 0.138. The number of rotatable bonds is 5. The van der Waals surface area contributed by atoms with Crippen LogP contribution in [0.4, 0.5) is 4.79 Å². The summed E-state index contributed by atoms with van der Waals surface area (Å²) < 4.78 is 7.77. The van der Waals surface area contributed by atoms with Crippen molar-refractivity contribution in [2.75, 3.05) is 13.2 Å². The number of amides is 1. The third-order valence-electron chi connectivity index (χ3n) is 6.50. The summed E-state index contributed by atoms with van der Waals surface area (Å²) in [6.45, 7) is 2.95. The molecule has 3 aromatic rings. The van der Waals surface area contributed by atoms with Crippen molar-refractivity contribution in [3.05, 3.63) is 76.9 Å². The third-order valence-corrected chi connectivity index (χ3v) is 6.50. The Hall–Kier alpha value is -3.12. The summed E-state index contributed by atoms with van der Waals surface area (Å²) >= 11 is 0. The van der Waals surface area contributed by atoms with Crippen molar-refractivity contribution < 1.29 is 14.6 Å². The number of aliphatic hydroxyl groups excluding tert-OH is 1. The van der Waals surface area contributed by atoms with Gasteiger partial charge in [0.05, 0.1) is 12.3 Å². The maximum atomic E-state index is 12.6. The van der Waals surface area contributed by atoms with Gasteiger partial charge in [-0.2, -0.15) is 0 Å². The van der Waals surface area contributed by atoms with E-state index < -0.39 is 0 Å². The Morgan fingerprint density at radius 2 is 1.84 bits per heavy atom. The first kappa shape index (κ1) is 19.8. The van der Waals surface area contributed by atoms with E-state index in [9.17, 15) is 9.90 Å². The number of hydrogen-bond acceptors (Lipinski definition) is 4. The molecule has 31 heavy (non-hydrogen) atoms. The molecule has 160 valence electrons. The van der Waals surface area contributed by atoms with Crippen molar-refractivity contribution in [3.8, 4) is 11.1 Å². The van der Waals surface area contributed by atoms with Crippen LogP contribution in [0.3, 0.4) is 0 Å². The largest absolute Gasteiger partial charge is 0.449 e. The molecule has 2 aromatic carbocycles. The lowest BCUT2D eigenvalue weighted by Crippen LogP contribution is -2.39. The van der Waals surface area contributed by atoms with Gasteiger partial charge in [0, 0.05) is 30.6 Å². The first-order valence-electron chi connectivity index (χ1n) is 10.9. The van der Waals surface area contributed by atoms with E-state index in [1.54, 1.807) is 0 Å². The fourth-order valence-corrected chi connectivity index (χ4v) is 5.09. The summed E-state index contributed by atoms with van der Waals surface area (Å²) in [7, 11) is 0. The van der Waals surface area contributed by atoms with Gasteiger partial charge in [0.25, 0.3) is 0 Å². The molecule has 0 spiro atoms. The summed E-state index contributed by atoms with van der Waals surface area (Å²) in [5.74, 6) is 0.980. The minimum absolute atomic E-state index is 0.0139. The second kappa shape index (κ2) is 8.19. The van der Waals surface area contributed by atoms with E-state index in [4.69, 9.17) is 4.74 Å². The number of aromatic nitrogens is 2. The third kappa shape index (κ3) is 3.61. The summed E-state index contributed by atoms with van der Waals surface area (Å²) in [6, 6.07) is 16.7. The highest BCUT2D eigenvalue weighted by Crippen LogP contribution is 2.44. The SMILES string of the molecule is Cc1nc2c(n1CCO)CCC(NC(=O)OCC1c3ccccc3-c3ccccc31)C2. The Morgan fingerprint density at radius 1 is 1.16 bits per heavy atom. The average molecular weight is 418 g/mol. The predicted molar refractivity (Wildman–Crippen MR) is 118 cm³/mol. The first-order chi connectivity index (χ1) is 15.2. The van der Waals surface area contributed by atoms with Crippen LogP contribution < -0.4 is 5.32 Å². The van der Waals surface area contributed by atoms with Crippen molar-refractivity contribution in [3.63, 3.8) is 0 Å². The number of hydrogen-bond donors (Lipinski definition) is 2. The van der Waals surface area contributed by atoms with Crippen LogP contribution in [0.2, 0.25) is 0 Å². The van der Waals surface area contributed by atoms with E-state index >= 15 is 0 Å². The number of carbonyl (C=O) groups excluding carboxylic acids is 1. The van der Waals surface area contributed by atoms with Crippen LogP contribution in [0.1, 0.15) is 40.7 Å². The molecule has 2 aliphatic carbocycles. The number of nitrogens with zero attached hydrogens (tertiary/aromatic N) is 2. The van der Waals surface area contributed by atoms with Crippen LogP contribution in [-0.4, -0.2) is 40.0 Å². The summed E-state index contributed by atoms with van der Waals surface area (Å²) in [5, 5.41) is 12.3. The number of nitrogens with one attached hydrogen (secondary N) is 1. The quantitative estimate of drug-likeness (QED) is 0.665. The maximum absolute atomic E-state index is 12.6. The van der Waals surface area contributed by atoms with Gasteiger partial charge in [-0.15, -0.1) is 0 Å². The highest BCUT2D eigenvalue weighted by Gasteiger charge is 2.30. The van der Waals surface area contributed by atoms with Crippen LogP contribution >= 0.6 is 0 Å². The number of benzene rings is 2. The van der Waals surface area contributed by atoms with Gasteiger partial charge in [0.1, 0.15) is 12.4 Å². The van der Waals surface area contributed by atoms with Crippen molar-refractivity contribution in [2.24, 2.45) is 0 Å². The molecule has 0 saturated carbocycles. The van der Waals surface area contributed by atoms with Crippen molar-refractivity contribution in [1.29, 1.82) is 0 Å². The van der Waals surface area contributed by atoms with Gasteiger partial charge in [-0.1, -0.05) is 48.5 Å². The fraction of sp³-hybridized carbons (Fsp3) is 0.360. The van der Waals surface area contributed by atoms with E-state index in [0.29, 0.717) is 19.6 Å². The van der Waals surface area contributed by atoms with Crippen LogP contribution in [0.25, 0.3) is 11.1 Å². The van der Waals surface area contributed by atoms with Gasteiger partial charge in [-0.05, 0) is 42.0 Å². The molecule has 2 N–H and O–H groups in total. The lowest BCUT2D eigenvalue weighted by Gasteiger charge is -2.24. The molecule has 0 bridgehead atoms. The zero-order valence-corrected chi connectivity index (χ0v) is 17.7. The molecule has 5 rings (SSSR count). The second-order valence-electron chi connectivity index (χ2n) is 8.34. The molecule has 6 heteroatoms. The molecule has 1 aromatic heterocycles.